The van der Waals surface area contributed by atoms with Gasteiger partial charge in [0.2, 0.25) is 5.91 Å². The Kier molecular flexibility index (Phi) is 7.74. The van der Waals surface area contributed by atoms with Gasteiger partial charge in [-0.25, -0.2) is 0 Å². The number of carbonyl (C=O) groups is 1. The van der Waals surface area contributed by atoms with Gasteiger partial charge < -0.3 is 15.7 Å². The van der Waals surface area contributed by atoms with Gasteiger partial charge in [0.1, 0.15) is 0 Å². The molecule has 0 heterocycles. The zero-order valence-electron chi connectivity index (χ0n) is 17.7. The van der Waals surface area contributed by atoms with Crippen LogP contribution in [0.25, 0.3) is 0 Å². The summed E-state index contributed by atoms with van der Waals surface area (Å²) >= 11 is 0. The number of hydrogen-bond acceptors (Lipinski definition) is 3. The molecule has 0 radical (unpaired) electrons. The number of aliphatic hydroxyl groups is 1. The van der Waals surface area contributed by atoms with Gasteiger partial charge in [-0.3, -0.25) is 4.79 Å². The summed E-state index contributed by atoms with van der Waals surface area (Å²) in [6.45, 7) is 8.13. The number of carbonyl (C=O) groups excluding carboxylic acids is 1. The van der Waals surface area contributed by atoms with Crippen molar-refractivity contribution in [2.45, 2.75) is 78.1 Å². The minimum Gasteiger partial charge on any atom is -0.391 e. The number of benzene rings is 1. The highest BCUT2D eigenvalue weighted by atomic mass is 19.4. The molecule has 29 heavy (non-hydrogen) atoms. The van der Waals surface area contributed by atoms with Gasteiger partial charge in [-0.2, -0.15) is 13.2 Å². The lowest BCUT2D eigenvalue weighted by atomic mass is 9.83. The summed E-state index contributed by atoms with van der Waals surface area (Å²) in [4.78, 5) is 12.3. The quantitative estimate of drug-likeness (QED) is 0.621. The van der Waals surface area contributed by atoms with E-state index in [-0.39, 0.29) is 22.9 Å². The molecule has 2 rings (SSSR count). The average Bonchev–Trinajstić information content (AvgIpc) is 2.58. The molecule has 1 saturated carbocycles. The van der Waals surface area contributed by atoms with Crippen molar-refractivity contribution < 1.29 is 23.1 Å². The predicted molar refractivity (Wildman–Crippen MR) is 109 cm³/mol. The van der Waals surface area contributed by atoms with Crippen molar-refractivity contribution in [3.63, 3.8) is 0 Å². The summed E-state index contributed by atoms with van der Waals surface area (Å²) in [5.41, 5.74) is -0.269. The molecule has 1 aromatic rings. The van der Waals surface area contributed by atoms with E-state index < -0.39 is 17.8 Å². The summed E-state index contributed by atoms with van der Waals surface area (Å²) in [5.74, 6) is -0.0178. The van der Waals surface area contributed by atoms with Crippen LogP contribution < -0.4 is 10.6 Å². The van der Waals surface area contributed by atoms with E-state index in [0.717, 1.165) is 37.8 Å². The first kappa shape index (κ1) is 23.7. The Bertz CT molecular complexity index is 690. The number of rotatable bonds is 6. The number of halogens is 3. The zero-order valence-corrected chi connectivity index (χ0v) is 17.7. The van der Waals surface area contributed by atoms with Crippen LogP contribution in [0, 0.1) is 18.3 Å². The van der Waals surface area contributed by atoms with Crippen LogP contribution in [0.5, 0.6) is 0 Å². The van der Waals surface area contributed by atoms with Crippen molar-refractivity contribution in [1.29, 1.82) is 0 Å². The third-order valence-corrected chi connectivity index (χ3v) is 5.61. The summed E-state index contributed by atoms with van der Waals surface area (Å²) in [6.07, 6.45) is -0.905. The lowest BCUT2D eigenvalue weighted by molar-refractivity contribution is -0.137. The van der Waals surface area contributed by atoms with E-state index in [0.29, 0.717) is 24.6 Å². The first-order valence-corrected chi connectivity index (χ1v) is 10.2. The number of aryl methyl sites for hydroxylation is 1. The molecule has 4 nitrogen and oxygen atoms in total. The van der Waals surface area contributed by atoms with E-state index in [1.165, 1.54) is 0 Å². The van der Waals surface area contributed by atoms with Crippen LogP contribution >= 0.6 is 0 Å². The van der Waals surface area contributed by atoms with Crippen LogP contribution in [0.2, 0.25) is 0 Å². The Morgan fingerprint density at radius 2 is 1.76 bits per heavy atom. The van der Waals surface area contributed by atoms with Gasteiger partial charge in [-0.1, -0.05) is 20.8 Å². The molecule has 1 aromatic carbocycles. The topological polar surface area (TPSA) is 61.4 Å². The smallest absolute Gasteiger partial charge is 0.391 e. The summed E-state index contributed by atoms with van der Waals surface area (Å²) < 4.78 is 38.8. The highest BCUT2D eigenvalue weighted by Crippen LogP contribution is 2.32. The molecule has 1 atom stereocenters. The average molecular weight is 415 g/mol. The van der Waals surface area contributed by atoms with E-state index in [9.17, 15) is 23.1 Å². The van der Waals surface area contributed by atoms with Crippen LogP contribution in [-0.2, 0) is 11.0 Å². The fourth-order valence-corrected chi connectivity index (χ4v) is 3.65. The van der Waals surface area contributed by atoms with Gasteiger partial charge in [-0.15, -0.1) is 0 Å². The molecule has 0 aliphatic heterocycles. The van der Waals surface area contributed by atoms with Crippen LogP contribution in [0.1, 0.15) is 64.0 Å². The Morgan fingerprint density at radius 1 is 1.14 bits per heavy atom. The highest BCUT2D eigenvalue weighted by molar-refractivity contribution is 5.91. The largest absolute Gasteiger partial charge is 0.416 e. The number of aliphatic hydroxyl groups excluding tert-OH is 1. The second kappa shape index (κ2) is 9.47. The van der Waals surface area contributed by atoms with E-state index in [1.54, 1.807) is 13.0 Å². The maximum absolute atomic E-state index is 12.9. The lowest BCUT2D eigenvalue weighted by Crippen LogP contribution is -2.42. The Hall–Kier alpha value is -1.60. The highest BCUT2D eigenvalue weighted by Gasteiger charge is 2.31. The second-order valence-electron chi connectivity index (χ2n) is 9.35. The van der Waals surface area contributed by atoms with Gasteiger partial charge in [0, 0.05) is 24.7 Å². The fourth-order valence-electron chi connectivity index (χ4n) is 3.65. The van der Waals surface area contributed by atoms with E-state index >= 15 is 0 Å². The van der Waals surface area contributed by atoms with Crippen LogP contribution in [-0.4, -0.2) is 29.7 Å². The molecular weight excluding hydrogens is 381 g/mol. The van der Waals surface area contributed by atoms with Crippen molar-refractivity contribution in [2.75, 3.05) is 11.9 Å². The predicted octanol–water partition coefficient (Wildman–Crippen LogP) is 4.90. The molecular formula is C22H33F3N2O2. The van der Waals surface area contributed by atoms with Crippen LogP contribution in [0.15, 0.2) is 18.2 Å². The van der Waals surface area contributed by atoms with Crippen LogP contribution in [0.4, 0.5) is 18.9 Å². The molecule has 7 heteroatoms. The van der Waals surface area contributed by atoms with E-state index in [4.69, 9.17) is 0 Å². The molecule has 0 saturated heterocycles. The fraction of sp³-hybridized carbons (Fsp3) is 0.682. The standard InChI is InChI=1S/C22H33F3N2O2/c1-14-9-16(22(23,24)25)12-18(10-14)27-20(29)11-15-5-7-17(8-6-15)26-13-19(28)21(2,3)4/h9-10,12,15,17,19,26,28H,5-8,11,13H2,1-4H3,(H,27,29). The van der Waals surface area contributed by atoms with Gasteiger partial charge in [0.25, 0.3) is 0 Å². The minimum atomic E-state index is -4.43. The van der Waals surface area contributed by atoms with Gasteiger partial charge >= 0.3 is 6.18 Å². The van der Waals surface area contributed by atoms with Crippen LogP contribution in [0.3, 0.4) is 0 Å². The van der Waals surface area contributed by atoms with Crippen molar-refractivity contribution in [2.24, 2.45) is 11.3 Å². The van der Waals surface area contributed by atoms with Gasteiger partial charge in [0.15, 0.2) is 0 Å². The van der Waals surface area contributed by atoms with Crippen molar-refractivity contribution in [3.05, 3.63) is 29.3 Å². The Morgan fingerprint density at radius 3 is 2.31 bits per heavy atom. The number of anilines is 1. The Balaban J connectivity index is 1.80. The molecule has 164 valence electrons. The number of nitrogens with one attached hydrogen (secondary N) is 2. The van der Waals surface area contributed by atoms with Gasteiger partial charge in [0.05, 0.1) is 11.7 Å². The SMILES string of the molecule is Cc1cc(NC(=O)CC2CCC(NCC(O)C(C)(C)C)CC2)cc(C(F)(F)F)c1. The van der Waals surface area contributed by atoms with Crippen molar-refractivity contribution >= 4 is 11.6 Å². The molecule has 1 unspecified atom stereocenters. The Labute approximate surface area is 171 Å². The number of hydrogen-bond donors (Lipinski definition) is 3. The maximum atomic E-state index is 12.9. The van der Waals surface area contributed by atoms with Crippen molar-refractivity contribution in [3.8, 4) is 0 Å². The molecule has 1 aliphatic rings. The summed E-state index contributed by atoms with van der Waals surface area (Å²) in [6, 6.07) is 3.93. The summed E-state index contributed by atoms with van der Waals surface area (Å²) in [5, 5.41) is 16.2. The third kappa shape index (κ3) is 7.63. The van der Waals surface area contributed by atoms with E-state index in [2.05, 4.69) is 10.6 Å². The first-order valence-electron chi connectivity index (χ1n) is 10.2. The number of alkyl halides is 3. The molecule has 1 aliphatic carbocycles. The first-order chi connectivity index (χ1) is 13.3. The minimum absolute atomic E-state index is 0.163. The molecule has 0 spiro atoms. The van der Waals surface area contributed by atoms with E-state index in [1.807, 2.05) is 20.8 Å². The lowest BCUT2D eigenvalue weighted by Gasteiger charge is -2.32. The summed E-state index contributed by atoms with van der Waals surface area (Å²) in [7, 11) is 0. The molecule has 0 bridgehead atoms. The monoisotopic (exact) mass is 414 g/mol. The molecule has 1 amide bonds. The molecule has 0 aromatic heterocycles. The normalized spacial score (nSPS) is 21.7. The zero-order chi connectivity index (χ0) is 21.8. The molecule has 1 fully saturated rings. The number of amides is 1. The third-order valence-electron chi connectivity index (χ3n) is 5.61. The van der Waals surface area contributed by atoms with Gasteiger partial charge in [-0.05, 0) is 67.7 Å². The molecule has 3 N–H and O–H groups in total. The maximum Gasteiger partial charge on any atom is 0.416 e. The second-order valence-corrected chi connectivity index (χ2v) is 9.35. The van der Waals surface area contributed by atoms with Crippen molar-refractivity contribution in [1.82, 2.24) is 5.32 Å².